The topological polar surface area (TPSA) is 44.2 Å². The second-order valence-electron chi connectivity index (χ2n) is 4.37. The standard InChI is InChI=1S/C12H17ClN2O2/c1-8-3-4-17-12(8)10(13)5-9-6-11(16-2)15-7-14-9/h6-8,10,12H,3-5H2,1-2H3. The maximum Gasteiger partial charge on any atom is 0.216 e. The molecule has 0 N–H and O–H groups in total. The molecular formula is C12H17ClN2O2. The van der Waals surface area contributed by atoms with Gasteiger partial charge < -0.3 is 9.47 Å². The lowest BCUT2D eigenvalue weighted by Gasteiger charge is -2.20. The summed E-state index contributed by atoms with van der Waals surface area (Å²) >= 11 is 6.39. The van der Waals surface area contributed by atoms with E-state index in [4.69, 9.17) is 21.1 Å². The number of ether oxygens (including phenoxy) is 2. The van der Waals surface area contributed by atoms with Crippen LogP contribution in [-0.4, -0.2) is 35.2 Å². The SMILES string of the molecule is COc1cc(CC(Cl)C2OCCC2C)ncn1. The first-order valence-corrected chi connectivity index (χ1v) is 6.25. The zero-order valence-electron chi connectivity index (χ0n) is 10.1. The van der Waals surface area contributed by atoms with Crippen molar-refractivity contribution < 1.29 is 9.47 Å². The molecule has 2 heterocycles. The van der Waals surface area contributed by atoms with Gasteiger partial charge in [0.05, 0.1) is 18.6 Å². The molecule has 17 heavy (non-hydrogen) atoms. The highest BCUT2D eigenvalue weighted by Gasteiger charge is 2.31. The molecule has 1 aromatic heterocycles. The van der Waals surface area contributed by atoms with Crippen LogP contribution in [0.25, 0.3) is 0 Å². The highest BCUT2D eigenvalue weighted by atomic mass is 35.5. The average molecular weight is 257 g/mol. The van der Waals surface area contributed by atoms with Crippen LogP contribution in [-0.2, 0) is 11.2 Å². The minimum absolute atomic E-state index is 0.0490. The van der Waals surface area contributed by atoms with Crippen LogP contribution in [0, 0.1) is 5.92 Å². The third-order valence-electron chi connectivity index (χ3n) is 3.11. The van der Waals surface area contributed by atoms with E-state index >= 15 is 0 Å². The number of hydrogen-bond acceptors (Lipinski definition) is 4. The molecule has 2 rings (SSSR count). The van der Waals surface area contributed by atoms with Crippen molar-refractivity contribution in [1.82, 2.24) is 9.97 Å². The Morgan fingerprint density at radius 3 is 3.06 bits per heavy atom. The maximum absolute atomic E-state index is 6.39. The minimum Gasteiger partial charge on any atom is -0.481 e. The van der Waals surface area contributed by atoms with E-state index in [1.54, 1.807) is 7.11 Å². The van der Waals surface area contributed by atoms with E-state index in [0.717, 1.165) is 18.7 Å². The fourth-order valence-corrected chi connectivity index (χ4v) is 2.57. The number of halogens is 1. The Morgan fingerprint density at radius 1 is 1.59 bits per heavy atom. The first kappa shape index (κ1) is 12.6. The van der Waals surface area contributed by atoms with Crippen molar-refractivity contribution in [2.75, 3.05) is 13.7 Å². The number of alkyl halides is 1. The summed E-state index contributed by atoms with van der Waals surface area (Å²) in [5, 5.41) is -0.0490. The Bertz CT molecular complexity index is 375. The number of rotatable bonds is 4. The van der Waals surface area contributed by atoms with Crippen molar-refractivity contribution in [1.29, 1.82) is 0 Å². The van der Waals surface area contributed by atoms with E-state index in [0.29, 0.717) is 18.2 Å². The molecule has 0 spiro atoms. The highest BCUT2D eigenvalue weighted by Crippen LogP contribution is 2.27. The predicted octanol–water partition coefficient (Wildman–Crippen LogP) is 2.06. The summed E-state index contributed by atoms with van der Waals surface area (Å²) in [7, 11) is 1.59. The van der Waals surface area contributed by atoms with E-state index in [1.165, 1.54) is 6.33 Å². The molecule has 3 unspecified atom stereocenters. The quantitative estimate of drug-likeness (QED) is 0.774. The molecule has 0 amide bonds. The van der Waals surface area contributed by atoms with E-state index < -0.39 is 0 Å². The van der Waals surface area contributed by atoms with Gasteiger partial charge in [-0.15, -0.1) is 11.6 Å². The summed E-state index contributed by atoms with van der Waals surface area (Å²) < 4.78 is 10.7. The van der Waals surface area contributed by atoms with Crippen molar-refractivity contribution in [2.24, 2.45) is 5.92 Å². The molecule has 1 saturated heterocycles. The largest absolute Gasteiger partial charge is 0.481 e. The van der Waals surface area contributed by atoms with Crippen molar-refractivity contribution in [2.45, 2.75) is 31.2 Å². The molecule has 4 nitrogen and oxygen atoms in total. The lowest BCUT2D eigenvalue weighted by Crippen LogP contribution is -2.27. The summed E-state index contributed by atoms with van der Waals surface area (Å²) in [6.45, 7) is 2.98. The smallest absolute Gasteiger partial charge is 0.216 e. The fourth-order valence-electron chi connectivity index (χ4n) is 2.10. The van der Waals surface area contributed by atoms with Gasteiger partial charge >= 0.3 is 0 Å². The van der Waals surface area contributed by atoms with Crippen LogP contribution in [0.3, 0.4) is 0 Å². The van der Waals surface area contributed by atoms with Crippen LogP contribution in [0.4, 0.5) is 0 Å². The number of aromatic nitrogens is 2. The van der Waals surface area contributed by atoms with Gasteiger partial charge in [0.1, 0.15) is 6.33 Å². The fraction of sp³-hybridized carbons (Fsp3) is 0.667. The van der Waals surface area contributed by atoms with Crippen molar-refractivity contribution in [3.63, 3.8) is 0 Å². The third-order valence-corrected chi connectivity index (χ3v) is 3.52. The lowest BCUT2D eigenvalue weighted by atomic mass is 9.99. The zero-order chi connectivity index (χ0) is 12.3. The molecule has 5 heteroatoms. The molecule has 1 aliphatic rings. The molecular weight excluding hydrogens is 240 g/mol. The summed E-state index contributed by atoms with van der Waals surface area (Å²) in [5.41, 5.74) is 0.888. The Balaban J connectivity index is 1.99. The third kappa shape index (κ3) is 3.07. The average Bonchev–Trinajstić information content (AvgIpc) is 2.76. The van der Waals surface area contributed by atoms with Gasteiger partial charge in [0.25, 0.3) is 0 Å². The minimum atomic E-state index is -0.0490. The van der Waals surface area contributed by atoms with Crippen LogP contribution in [0.1, 0.15) is 19.0 Å². The van der Waals surface area contributed by atoms with E-state index in [-0.39, 0.29) is 11.5 Å². The van der Waals surface area contributed by atoms with Crippen LogP contribution in [0.2, 0.25) is 0 Å². The van der Waals surface area contributed by atoms with Crippen LogP contribution in [0.15, 0.2) is 12.4 Å². The summed E-state index contributed by atoms with van der Waals surface area (Å²) in [4.78, 5) is 8.16. The van der Waals surface area contributed by atoms with Gasteiger partial charge in [-0.25, -0.2) is 9.97 Å². The zero-order valence-corrected chi connectivity index (χ0v) is 10.9. The second-order valence-corrected chi connectivity index (χ2v) is 4.93. The van der Waals surface area contributed by atoms with Crippen molar-refractivity contribution >= 4 is 11.6 Å². The number of hydrogen-bond donors (Lipinski definition) is 0. The number of nitrogens with zero attached hydrogens (tertiary/aromatic N) is 2. The summed E-state index contributed by atoms with van der Waals surface area (Å²) in [6.07, 6.45) is 3.38. The van der Waals surface area contributed by atoms with Gasteiger partial charge in [-0.2, -0.15) is 0 Å². The summed E-state index contributed by atoms with van der Waals surface area (Å²) in [5.74, 6) is 1.08. The first-order valence-electron chi connectivity index (χ1n) is 5.81. The molecule has 94 valence electrons. The maximum atomic E-state index is 6.39. The Hall–Kier alpha value is -0.870. The van der Waals surface area contributed by atoms with Crippen LogP contribution >= 0.6 is 11.6 Å². The molecule has 0 aromatic carbocycles. The normalized spacial score (nSPS) is 25.8. The monoisotopic (exact) mass is 256 g/mol. The Morgan fingerprint density at radius 2 is 2.41 bits per heavy atom. The Kier molecular flexibility index (Phi) is 4.18. The van der Waals surface area contributed by atoms with Crippen LogP contribution in [0.5, 0.6) is 5.88 Å². The molecule has 3 atom stereocenters. The lowest BCUT2D eigenvalue weighted by molar-refractivity contribution is 0.0901. The van der Waals surface area contributed by atoms with Gasteiger partial charge in [0.15, 0.2) is 0 Å². The molecule has 0 bridgehead atoms. The van der Waals surface area contributed by atoms with Gasteiger partial charge in [0.2, 0.25) is 5.88 Å². The van der Waals surface area contributed by atoms with E-state index in [9.17, 15) is 0 Å². The van der Waals surface area contributed by atoms with E-state index in [2.05, 4.69) is 16.9 Å². The second kappa shape index (κ2) is 5.65. The summed E-state index contributed by atoms with van der Waals surface area (Å²) in [6, 6.07) is 1.81. The Labute approximate surface area is 106 Å². The molecule has 0 saturated carbocycles. The van der Waals surface area contributed by atoms with Gasteiger partial charge in [-0.05, 0) is 12.3 Å². The molecule has 0 radical (unpaired) electrons. The van der Waals surface area contributed by atoms with Crippen molar-refractivity contribution in [3.8, 4) is 5.88 Å². The highest BCUT2D eigenvalue weighted by molar-refractivity contribution is 6.21. The number of methoxy groups -OCH3 is 1. The molecule has 1 fully saturated rings. The molecule has 1 aliphatic heterocycles. The molecule has 0 aliphatic carbocycles. The van der Waals surface area contributed by atoms with E-state index in [1.807, 2.05) is 6.07 Å². The van der Waals surface area contributed by atoms with Crippen molar-refractivity contribution in [3.05, 3.63) is 18.1 Å². The first-order chi connectivity index (χ1) is 8.20. The van der Waals surface area contributed by atoms with Gasteiger partial charge in [-0.1, -0.05) is 6.92 Å². The molecule has 1 aromatic rings. The van der Waals surface area contributed by atoms with Gasteiger partial charge in [0, 0.05) is 24.8 Å². The van der Waals surface area contributed by atoms with Gasteiger partial charge in [-0.3, -0.25) is 0 Å². The van der Waals surface area contributed by atoms with Crippen LogP contribution < -0.4 is 4.74 Å². The predicted molar refractivity (Wildman–Crippen MR) is 65.5 cm³/mol.